The maximum absolute atomic E-state index is 13.2. The molecule has 1 aliphatic carbocycles. The van der Waals surface area contributed by atoms with Gasteiger partial charge < -0.3 is 4.74 Å². The van der Waals surface area contributed by atoms with Crippen molar-refractivity contribution in [3.63, 3.8) is 0 Å². The Morgan fingerprint density at radius 1 is 1.73 bits per heavy atom. The van der Waals surface area contributed by atoms with Crippen molar-refractivity contribution in [3.8, 4) is 0 Å². The maximum atomic E-state index is 13.2. The smallest absolute Gasteiger partial charge is 0.237 e. The quantitative estimate of drug-likeness (QED) is 0.825. The van der Waals surface area contributed by atoms with Gasteiger partial charge >= 0.3 is 0 Å². The number of allylic oxidation sites excluding steroid dienone is 3. The molecule has 2 N–H and O–H groups in total. The molecule has 0 amide bonds. The van der Waals surface area contributed by atoms with Gasteiger partial charge in [0.05, 0.1) is 11.5 Å². The molecule has 0 aromatic heterocycles. The Kier molecular flexibility index (Phi) is 3.88. The molecular formula is C8H11ClFNO3S. The van der Waals surface area contributed by atoms with Gasteiger partial charge in [0, 0.05) is 18.1 Å². The molecule has 86 valence electrons. The zero-order chi connectivity index (χ0) is 11.6. The topological polar surface area (TPSA) is 69.4 Å². The van der Waals surface area contributed by atoms with Gasteiger partial charge in [-0.15, -0.1) is 0 Å². The number of ether oxygens (including phenoxy) is 1. The van der Waals surface area contributed by atoms with E-state index in [1.165, 1.54) is 7.11 Å². The molecule has 0 spiro atoms. The van der Waals surface area contributed by atoms with Crippen molar-refractivity contribution in [1.82, 2.24) is 0 Å². The highest BCUT2D eigenvalue weighted by atomic mass is 35.5. The minimum Gasteiger partial charge on any atom is -0.384 e. The minimum atomic E-state index is -4.00. The summed E-state index contributed by atoms with van der Waals surface area (Å²) >= 11 is 5.74. The van der Waals surface area contributed by atoms with Crippen LogP contribution in [0, 0.1) is 5.92 Å². The summed E-state index contributed by atoms with van der Waals surface area (Å²) in [6.07, 6.45) is 0.905. The molecule has 1 atom stereocenters. The van der Waals surface area contributed by atoms with Crippen LogP contribution in [0.5, 0.6) is 0 Å². The molecule has 0 saturated heterocycles. The van der Waals surface area contributed by atoms with E-state index in [2.05, 4.69) is 0 Å². The molecule has 7 heteroatoms. The third-order valence-corrected chi connectivity index (χ3v) is 3.53. The van der Waals surface area contributed by atoms with E-state index in [1.54, 1.807) is 0 Å². The highest BCUT2D eigenvalue weighted by Gasteiger charge is 2.28. The van der Waals surface area contributed by atoms with Crippen molar-refractivity contribution < 1.29 is 17.5 Å². The summed E-state index contributed by atoms with van der Waals surface area (Å²) in [6.45, 7) is 0.224. The Hall–Kier alpha value is -0.430. The average Bonchev–Trinajstić information content (AvgIpc) is 2.07. The largest absolute Gasteiger partial charge is 0.384 e. The number of primary sulfonamides is 1. The van der Waals surface area contributed by atoms with Gasteiger partial charge in [-0.25, -0.2) is 17.9 Å². The van der Waals surface area contributed by atoms with Crippen molar-refractivity contribution in [3.05, 3.63) is 21.8 Å². The first-order chi connectivity index (χ1) is 6.86. The lowest BCUT2D eigenvalue weighted by atomic mass is 10.0. The third-order valence-electron chi connectivity index (χ3n) is 2.06. The van der Waals surface area contributed by atoms with Gasteiger partial charge in [-0.05, 0) is 12.5 Å². The highest BCUT2D eigenvalue weighted by Crippen LogP contribution is 2.34. The Labute approximate surface area is 92.6 Å². The normalized spacial score (nSPS) is 22.9. The molecule has 0 radical (unpaired) electrons. The summed E-state index contributed by atoms with van der Waals surface area (Å²) in [7, 11) is -2.55. The number of methoxy groups -OCH3 is 1. The van der Waals surface area contributed by atoms with E-state index in [9.17, 15) is 12.8 Å². The first kappa shape index (κ1) is 12.6. The molecule has 1 aliphatic rings. The SMILES string of the molecule is COCC1CC(S(N)(=O)=O)=C(F)C=C1Cl. The Bertz CT molecular complexity index is 416. The van der Waals surface area contributed by atoms with Crippen molar-refractivity contribution in [2.75, 3.05) is 13.7 Å². The molecule has 1 unspecified atom stereocenters. The van der Waals surface area contributed by atoms with Gasteiger partial charge in [0.25, 0.3) is 0 Å². The summed E-state index contributed by atoms with van der Waals surface area (Å²) < 4.78 is 40.1. The van der Waals surface area contributed by atoms with E-state index in [4.69, 9.17) is 21.5 Å². The van der Waals surface area contributed by atoms with Gasteiger partial charge in [-0.3, -0.25) is 0 Å². The van der Waals surface area contributed by atoms with E-state index >= 15 is 0 Å². The lowest BCUT2D eigenvalue weighted by molar-refractivity contribution is 0.168. The Morgan fingerprint density at radius 2 is 2.33 bits per heavy atom. The molecule has 0 aromatic carbocycles. The van der Waals surface area contributed by atoms with Crippen LogP contribution in [0.3, 0.4) is 0 Å². The van der Waals surface area contributed by atoms with Crippen molar-refractivity contribution in [1.29, 1.82) is 0 Å². The summed E-state index contributed by atoms with van der Waals surface area (Å²) in [5, 5.41) is 5.10. The van der Waals surface area contributed by atoms with Gasteiger partial charge in [-0.1, -0.05) is 11.6 Å². The zero-order valence-electron chi connectivity index (χ0n) is 8.04. The van der Waals surface area contributed by atoms with Crippen LogP contribution >= 0.6 is 11.6 Å². The lowest BCUT2D eigenvalue weighted by Gasteiger charge is -2.20. The van der Waals surface area contributed by atoms with Gasteiger partial charge in [0.2, 0.25) is 10.0 Å². The second-order valence-electron chi connectivity index (χ2n) is 3.20. The summed E-state index contributed by atoms with van der Waals surface area (Å²) in [5.74, 6) is -1.25. The standard InChI is InChI=1S/C8H11ClFNO3S/c1-14-4-5-2-8(15(11,12)13)7(10)3-6(5)9/h3,5H,2,4H2,1H3,(H2,11,12,13). The fourth-order valence-corrected chi connectivity index (χ4v) is 2.33. The van der Waals surface area contributed by atoms with Crippen LogP contribution < -0.4 is 5.14 Å². The molecule has 15 heavy (non-hydrogen) atoms. The van der Waals surface area contributed by atoms with Crippen LogP contribution in [0.15, 0.2) is 21.8 Å². The van der Waals surface area contributed by atoms with E-state index < -0.39 is 20.8 Å². The van der Waals surface area contributed by atoms with E-state index in [0.29, 0.717) is 0 Å². The van der Waals surface area contributed by atoms with Gasteiger partial charge in [0.15, 0.2) is 0 Å². The maximum Gasteiger partial charge on any atom is 0.237 e. The fraction of sp³-hybridized carbons (Fsp3) is 0.500. The lowest BCUT2D eigenvalue weighted by Crippen LogP contribution is -2.22. The van der Waals surface area contributed by atoms with Crippen LogP contribution in [-0.4, -0.2) is 22.1 Å². The van der Waals surface area contributed by atoms with E-state index in [0.717, 1.165) is 6.08 Å². The predicted octanol–water partition coefficient (Wildman–Crippen LogP) is 1.25. The Morgan fingerprint density at radius 3 is 2.80 bits per heavy atom. The first-order valence-corrected chi connectivity index (χ1v) is 6.06. The van der Waals surface area contributed by atoms with E-state index in [-0.39, 0.29) is 24.0 Å². The van der Waals surface area contributed by atoms with Crippen molar-refractivity contribution >= 4 is 21.6 Å². The molecule has 0 heterocycles. The zero-order valence-corrected chi connectivity index (χ0v) is 9.61. The molecule has 4 nitrogen and oxygen atoms in total. The van der Waals surface area contributed by atoms with Crippen LogP contribution in [0.4, 0.5) is 4.39 Å². The monoisotopic (exact) mass is 255 g/mol. The van der Waals surface area contributed by atoms with Crippen LogP contribution in [-0.2, 0) is 14.8 Å². The van der Waals surface area contributed by atoms with Gasteiger partial charge in [0.1, 0.15) is 5.83 Å². The average molecular weight is 256 g/mol. The minimum absolute atomic E-state index is 0.0617. The molecule has 0 saturated carbocycles. The molecule has 0 bridgehead atoms. The van der Waals surface area contributed by atoms with E-state index in [1.807, 2.05) is 0 Å². The van der Waals surface area contributed by atoms with Crippen molar-refractivity contribution in [2.45, 2.75) is 6.42 Å². The van der Waals surface area contributed by atoms with Crippen molar-refractivity contribution in [2.24, 2.45) is 11.1 Å². The fourth-order valence-electron chi connectivity index (χ4n) is 1.33. The molecule has 0 aromatic rings. The number of hydrogen-bond acceptors (Lipinski definition) is 3. The number of halogens is 2. The second kappa shape index (κ2) is 4.61. The van der Waals surface area contributed by atoms with Crippen LogP contribution in [0.1, 0.15) is 6.42 Å². The molecule has 0 fully saturated rings. The van der Waals surface area contributed by atoms with Crippen LogP contribution in [0.25, 0.3) is 0 Å². The van der Waals surface area contributed by atoms with Gasteiger partial charge in [-0.2, -0.15) is 0 Å². The molecular weight excluding hydrogens is 245 g/mol. The number of sulfonamides is 1. The summed E-state index contributed by atoms with van der Waals surface area (Å²) in [4.78, 5) is -0.422. The summed E-state index contributed by atoms with van der Waals surface area (Å²) in [5.41, 5.74) is 0. The predicted molar refractivity (Wildman–Crippen MR) is 55.2 cm³/mol. The second-order valence-corrected chi connectivity index (χ2v) is 5.22. The number of rotatable bonds is 3. The third kappa shape index (κ3) is 3.01. The molecule has 0 aliphatic heterocycles. The Balaban J connectivity index is 3.05. The number of hydrogen-bond donors (Lipinski definition) is 1. The highest BCUT2D eigenvalue weighted by molar-refractivity contribution is 7.93. The van der Waals surface area contributed by atoms with Crippen LogP contribution in [0.2, 0.25) is 0 Å². The number of nitrogens with two attached hydrogens (primary N) is 1. The summed E-state index contributed by atoms with van der Waals surface area (Å²) in [6, 6.07) is 0. The first-order valence-electron chi connectivity index (χ1n) is 4.13. The molecule has 1 rings (SSSR count).